The number of fused-ring (bicyclic) bond motifs is 1. The third-order valence-corrected chi connectivity index (χ3v) is 5.85. The van der Waals surface area contributed by atoms with Crippen molar-refractivity contribution in [3.8, 4) is 0 Å². The van der Waals surface area contributed by atoms with Crippen LogP contribution in [-0.2, 0) is 22.6 Å². The number of aromatic nitrogens is 2. The van der Waals surface area contributed by atoms with Gasteiger partial charge in [-0.25, -0.2) is 0 Å². The van der Waals surface area contributed by atoms with Crippen molar-refractivity contribution in [3.63, 3.8) is 0 Å². The summed E-state index contributed by atoms with van der Waals surface area (Å²) in [7, 11) is 0. The van der Waals surface area contributed by atoms with Gasteiger partial charge in [-0.1, -0.05) is 72.3 Å². The molecule has 3 aromatic carbocycles. The van der Waals surface area contributed by atoms with Crippen LogP contribution >= 0.6 is 0 Å². The number of hydrogen-bond donors (Lipinski definition) is 2. The summed E-state index contributed by atoms with van der Waals surface area (Å²) >= 11 is 0. The maximum absolute atomic E-state index is 12.4. The first-order valence-corrected chi connectivity index (χ1v) is 11.2. The van der Waals surface area contributed by atoms with E-state index in [0.29, 0.717) is 6.54 Å². The maximum Gasteiger partial charge on any atom is 0.262 e. The molecular formula is C28H28N4O2. The molecular weight excluding hydrogens is 424 g/mol. The van der Waals surface area contributed by atoms with Crippen molar-refractivity contribution in [2.24, 2.45) is 0 Å². The molecule has 0 radical (unpaired) electrons. The number of rotatable bonds is 6. The van der Waals surface area contributed by atoms with Gasteiger partial charge < -0.3 is 0 Å². The summed E-state index contributed by atoms with van der Waals surface area (Å²) in [6, 6.07) is 22.1. The summed E-state index contributed by atoms with van der Waals surface area (Å²) in [5.41, 5.74) is 11.0. The molecule has 0 atom stereocenters. The zero-order chi connectivity index (χ0) is 24.1. The lowest BCUT2D eigenvalue weighted by molar-refractivity contribution is -0.126. The van der Waals surface area contributed by atoms with Gasteiger partial charge in [0.05, 0.1) is 18.7 Å². The predicted molar refractivity (Wildman–Crippen MR) is 135 cm³/mol. The van der Waals surface area contributed by atoms with E-state index in [4.69, 9.17) is 0 Å². The Labute approximate surface area is 199 Å². The van der Waals surface area contributed by atoms with E-state index in [2.05, 4.69) is 47.1 Å². The number of carbonyl (C=O) groups is 2. The van der Waals surface area contributed by atoms with E-state index >= 15 is 0 Å². The van der Waals surface area contributed by atoms with Gasteiger partial charge in [0, 0.05) is 17.3 Å². The summed E-state index contributed by atoms with van der Waals surface area (Å²) in [6.07, 6.45) is 3.32. The summed E-state index contributed by atoms with van der Waals surface area (Å²) in [6.45, 7) is 6.63. The third-order valence-electron chi connectivity index (χ3n) is 5.85. The maximum atomic E-state index is 12.4. The molecule has 4 rings (SSSR count). The molecule has 0 aliphatic heterocycles. The largest absolute Gasteiger partial charge is 0.273 e. The number of carbonyl (C=O) groups excluding carboxylic acids is 2. The van der Waals surface area contributed by atoms with E-state index in [0.717, 1.165) is 33.3 Å². The molecule has 172 valence electrons. The van der Waals surface area contributed by atoms with Gasteiger partial charge >= 0.3 is 0 Å². The van der Waals surface area contributed by atoms with Gasteiger partial charge in [-0.15, -0.1) is 0 Å². The van der Waals surface area contributed by atoms with E-state index in [1.165, 1.54) is 17.2 Å². The van der Waals surface area contributed by atoms with Crippen LogP contribution in [0.25, 0.3) is 16.8 Å². The molecule has 0 unspecified atom stereocenters. The van der Waals surface area contributed by atoms with Gasteiger partial charge in [0.2, 0.25) is 5.91 Å². The second-order valence-corrected chi connectivity index (χ2v) is 8.41. The molecule has 4 aromatic rings. The summed E-state index contributed by atoms with van der Waals surface area (Å²) in [5, 5.41) is 6.72. The van der Waals surface area contributed by atoms with Crippen LogP contribution in [0.1, 0.15) is 33.6 Å². The van der Waals surface area contributed by atoms with Crippen molar-refractivity contribution >= 4 is 28.7 Å². The van der Waals surface area contributed by atoms with E-state index < -0.39 is 5.91 Å². The Morgan fingerprint density at radius 1 is 0.912 bits per heavy atom. The molecule has 0 aliphatic rings. The smallest absolute Gasteiger partial charge is 0.262 e. The van der Waals surface area contributed by atoms with Crippen molar-refractivity contribution < 1.29 is 9.59 Å². The zero-order valence-corrected chi connectivity index (χ0v) is 19.6. The lowest BCUT2D eigenvalue weighted by atomic mass is 10.0. The van der Waals surface area contributed by atoms with Crippen LogP contribution in [0, 0.1) is 20.8 Å². The molecule has 34 heavy (non-hydrogen) atoms. The second-order valence-electron chi connectivity index (χ2n) is 8.41. The van der Waals surface area contributed by atoms with Crippen molar-refractivity contribution in [2.45, 2.75) is 33.7 Å². The van der Waals surface area contributed by atoms with E-state index in [-0.39, 0.29) is 12.3 Å². The Morgan fingerprint density at radius 3 is 2.44 bits per heavy atom. The third kappa shape index (κ3) is 5.41. The quantitative estimate of drug-likeness (QED) is 0.336. The minimum atomic E-state index is -0.406. The molecule has 0 aliphatic carbocycles. The highest BCUT2D eigenvalue weighted by molar-refractivity contribution is 5.94. The molecule has 0 saturated heterocycles. The fourth-order valence-electron chi connectivity index (χ4n) is 3.97. The molecule has 0 saturated carbocycles. The monoisotopic (exact) mass is 452 g/mol. The normalized spacial score (nSPS) is 11.1. The Bertz CT molecular complexity index is 1360. The summed E-state index contributed by atoms with van der Waals surface area (Å²) < 4.78 is 1.93. The number of hydrazine groups is 1. The number of hydrogen-bond acceptors (Lipinski definition) is 3. The Kier molecular flexibility index (Phi) is 6.87. The Balaban J connectivity index is 1.35. The van der Waals surface area contributed by atoms with Crippen molar-refractivity contribution in [1.29, 1.82) is 0 Å². The molecule has 0 bridgehead atoms. The second kappa shape index (κ2) is 10.2. The number of aryl methyl sites for hydroxylation is 2. The molecule has 6 nitrogen and oxygen atoms in total. The van der Waals surface area contributed by atoms with Crippen molar-refractivity contribution in [2.75, 3.05) is 0 Å². The van der Waals surface area contributed by atoms with E-state index in [1.807, 2.05) is 61.0 Å². The lowest BCUT2D eigenvalue weighted by Crippen LogP contribution is -2.41. The molecule has 2 N–H and O–H groups in total. The minimum absolute atomic E-state index is 0.176. The van der Waals surface area contributed by atoms with Crippen LogP contribution in [0.2, 0.25) is 0 Å². The number of benzene rings is 3. The molecule has 0 spiro atoms. The van der Waals surface area contributed by atoms with Crippen molar-refractivity contribution in [3.05, 3.63) is 106 Å². The number of amides is 2. The first kappa shape index (κ1) is 23.0. The standard InChI is InChI=1S/C28H28N4O2/c1-19-11-13-22(14-12-19)18-32-21(3)25(20(2)31-32)15-16-27(33)29-30-28(34)17-24-9-6-8-23-7-4-5-10-26(23)24/h4-16H,17-18H2,1-3H3,(H,29,33)(H,30,34)/b16-15+. The van der Waals surface area contributed by atoms with Crippen LogP contribution in [0.4, 0.5) is 0 Å². The average molecular weight is 453 g/mol. The zero-order valence-electron chi connectivity index (χ0n) is 19.6. The van der Waals surface area contributed by atoms with E-state index in [9.17, 15) is 9.59 Å². The molecule has 2 amide bonds. The van der Waals surface area contributed by atoms with Crippen molar-refractivity contribution in [1.82, 2.24) is 20.6 Å². The van der Waals surface area contributed by atoms with Gasteiger partial charge in [0.25, 0.3) is 5.91 Å². The summed E-state index contributed by atoms with van der Waals surface area (Å²) in [5.74, 6) is -0.687. The Morgan fingerprint density at radius 2 is 1.65 bits per heavy atom. The molecule has 1 aromatic heterocycles. The SMILES string of the molecule is Cc1ccc(Cn2nc(C)c(/C=C/C(=O)NNC(=O)Cc3cccc4ccccc34)c2C)cc1. The predicted octanol–water partition coefficient (Wildman–Crippen LogP) is 4.41. The van der Waals surface area contributed by atoms with Crippen LogP contribution in [0.15, 0.2) is 72.8 Å². The number of nitrogens with zero attached hydrogens (tertiary/aromatic N) is 2. The lowest BCUT2D eigenvalue weighted by Gasteiger charge is -2.08. The van der Waals surface area contributed by atoms with Crippen LogP contribution in [0.5, 0.6) is 0 Å². The topological polar surface area (TPSA) is 76.0 Å². The van der Waals surface area contributed by atoms with Gasteiger partial charge in [-0.05, 0) is 48.7 Å². The first-order valence-electron chi connectivity index (χ1n) is 11.2. The Hall–Kier alpha value is -4.19. The molecule has 6 heteroatoms. The van der Waals surface area contributed by atoms with Gasteiger partial charge in [0.1, 0.15) is 0 Å². The van der Waals surface area contributed by atoms with Crippen LogP contribution in [-0.4, -0.2) is 21.6 Å². The van der Waals surface area contributed by atoms with Gasteiger partial charge in [-0.3, -0.25) is 25.1 Å². The van der Waals surface area contributed by atoms with Gasteiger partial charge in [-0.2, -0.15) is 5.10 Å². The highest BCUT2D eigenvalue weighted by Gasteiger charge is 2.11. The fourth-order valence-corrected chi connectivity index (χ4v) is 3.97. The van der Waals surface area contributed by atoms with Gasteiger partial charge in [0.15, 0.2) is 0 Å². The van der Waals surface area contributed by atoms with E-state index in [1.54, 1.807) is 6.08 Å². The highest BCUT2D eigenvalue weighted by atomic mass is 16.2. The molecule has 1 heterocycles. The van der Waals surface area contributed by atoms with Crippen LogP contribution < -0.4 is 10.9 Å². The summed E-state index contributed by atoms with van der Waals surface area (Å²) in [4.78, 5) is 24.7. The fraction of sp³-hybridized carbons (Fsp3) is 0.179. The molecule has 0 fully saturated rings. The number of nitrogens with one attached hydrogen (secondary N) is 2. The highest BCUT2D eigenvalue weighted by Crippen LogP contribution is 2.19. The first-order chi connectivity index (χ1) is 16.4. The van der Waals surface area contributed by atoms with Crippen LogP contribution in [0.3, 0.4) is 0 Å². The average Bonchev–Trinajstić information content (AvgIpc) is 3.10. The minimum Gasteiger partial charge on any atom is -0.273 e.